The van der Waals surface area contributed by atoms with Gasteiger partial charge < -0.3 is 0 Å². The third kappa shape index (κ3) is 2.75. The first kappa shape index (κ1) is 12.7. The van der Waals surface area contributed by atoms with Crippen molar-refractivity contribution in [1.29, 1.82) is 0 Å². The Labute approximate surface area is 64.2 Å². The molecule has 0 bridgehead atoms. The molecule has 0 aliphatic rings. The third-order valence-electron chi connectivity index (χ3n) is 1.24. The van der Waals surface area contributed by atoms with Gasteiger partial charge in [-0.3, -0.25) is 10.1 Å². The molecule has 0 heterocycles. The number of hydrogen-bond donors (Lipinski definition) is 1. The van der Waals surface area contributed by atoms with E-state index < -0.39 is 18.1 Å². The van der Waals surface area contributed by atoms with Crippen LogP contribution in [0.15, 0.2) is 0 Å². The Hall–Kier alpha value is 0.0400. The van der Waals surface area contributed by atoms with Crippen LogP contribution >= 0.6 is 12.4 Å². The van der Waals surface area contributed by atoms with Crippen molar-refractivity contribution in [2.75, 3.05) is 6.67 Å². The van der Waals surface area contributed by atoms with Crippen molar-refractivity contribution in [2.24, 2.45) is 11.1 Å². The van der Waals surface area contributed by atoms with Gasteiger partial charge in [0, 0.05) is 0 Å². The van der Waals surface area contributed by atoms with Gasteiger partial charge in [-0.1, -0.05) is 13.8 Å². The summed E-state index contributed by atoms with van der Waals surface area (Å²) < 4.78 is 35.8. The summed E-state index contributed by atoms with van der Waals surface area (Å²) in [7, 11) is 0. The van der Waals surface area contributed by atoms with Gasteiger partial charge in [-0.05, 0) is 0 Å². The standard InChI is InChI=1S/C5H10F3N.ClH/c1-4(2,3-6)5(7,8)9;/h3,9H2,1-2H3;1H. The lowest BCUT2D eigenvalue weighted by Crippen LogP contribution is -2.46. The number of nitrogens with two attached hydrogens (primary N) is 1. The second-order valence-corrected chi connectivity index (χ2v) is 2.64. The fourth-order valence-corrected chi connectivity index (χ4v) is 0.0891. The van der Waals surface area contributed by atoms with Crippen molar-refractivity contribution in [3.05, 3.63) is 0 Å². The molecule has 0 amide bonds. The van der Waals surface area contributed by atoms with Gasteiger partial charge in [0.1, 0.15) is 6.67 Å². The Morgan fingerprint density at radius 1 is 1.30 bits per heavy atom. The molecule has 0 aromatic rings. The van der Waals surface area contributed by atoms with Gasteiger partial charge in [-0.2, -0.15) is 8.78 Å². The van der Waals surface area contributed by atoms with Crippen LogP contribution in [0.4, 0.5) is 13.2 Å². The zero-order valence-electron chi connectivity index (χ0n) is 5.83. The molecule has 0 aromatic carbocycles. The Bertz CT molecular complexity index is 99.6. The molecule has 1 nitrogen and oxygen atoms in total. The molecule has 0 saturated heterocycles. The lowest BCUT2D eigenvalue weighted by Gasteiger charge is -2.27. The van der Waals surface area contributed by atoms with Crippen LogP contribution < -0.4 is 5.73 Å². The average molecular weight is 178 g/mol. The maximum absolute atomic E-state index is 12.0. The normalized spacial score (nSPS) is 12.6. The summed E-state index contributed by atoms with van der Waals surface area (Å²) >= 11 is 0. The Morgan fingerprint density at radius 3 is 1.60 bits per heavy atom. The van der Waals surface area contributed by atoms with Gasteiger partial charge in [0.15, 0.2) is 0 Å². The molecule has 10 heavy (non-hydrogen) atoms. The van der Waals surface area contributed by atoms with E-state index >= 15 is 0 Å². The minimum Gasteiger partial charge on any atom is -0.272 e. The van der Waals surface area contributed by atoms with Crippen LogP contribution in [0.25, 0.3) is 0 Å². The van der Waals surface area contributed by atoms with Crippen LogP contribution in [0.5, 0.6) is 0 Å². The molecular weight excluding hydrogens is 167 g/mol. The largest absolute Gasteiger partial charge is 0.307 e. The average Bonchev–Trinajstić information content (AvgIpc) is 1.64. The highest BCUT2D eigenvalue weighted by Crippen LogP contribution is 2.31. The van der Waals surface area contributed by atoms with E-state index in [1.54, 1.807) is 0 Å². The maximum atomic E-state index is 12.0. The smallest absolute Gasteiger partial charge is 0.272 e. The summed E-state index contributed by atoms with van der Waals surface area (Å²) in [5, 5.41) is 0. The predicted octanol–water partition coefficient (Wildman–Crippen LogP) is 1.96. The molecular formula is C5H11ClF3N. The molecule has 0 atom stereocenters. The summed E-state index contributed by atoms with van der Waals surface area (Å²) in [5.41, 5.74) is 2.61. The molecule has 64 valence electrons. The Kier molecular flexibility index (Phi) is 4.36. The number of alkyl halides is 3. The first-order chi connectivity index (χ1) is 3.81. The van der Waals surface area contributed by atoms with Crippen molar-refractivity contribution in [3.8, 4) is 0 Å². The highest BCUT2D eigenvalue weighted by molar-refractivity contribution is 5.85. The molecule has 0 radical (unpaired) electrons. The molecule has 0 aromatic heterocycles. The van der Waals surface area contributed by atoms with Crippen molar-refractivity contribution < 1.29 is 13.2 Å². The number of hydrogen-bond acceptors (Lipinski definition) is 1. The summed E-state index contributed by atoms with van der Waals surface area (Å²) in [6.07, 6.45) is 0. The SMILES string of the molecule is CC(C)(CF)C(N)(F)F.Cl. The summed E-state index contributed by atoms with van der Waals surface area (Å²) in [4.78, 5) is 0. The molecule has 0 saturated carbocycles. The van der Waals surface area contributed by atoms with E-state index in [-0.39, 0.29) is 12.4 Å². The van der Waals surface area contributed by atoms with Crippen molar-refractivity contribution in [3.63, 3.8) is 0 Å². The fourth-order valence-electron chi connectivity index (χ4n) is 0.0891. The zero-order chi connectivity index (χ0) is 7.71. The highest BCUT2D eigenvalue weighted by Gasteiger charge is 2.42. The molecule has 0 fully saturated rings. The van der Waals surface area contributed by atoms with Gasteiger partial charge >= 0.3 is 6.05 Å². The van der Waals surface area contributed by atoms with E-state index in [1.165, 1.54) is 0 Å². The molecule has 0 unspecified atom stereocenters. The van der Waals surface area contributed by atoms with Crippen LogP contribution in [0.3, 0.4) is 0 Å². The van der Waals surface area contributed by atoms with Gasteiger partial charge in [-0.15, -0.1) is 12.4 Å². The highest BCUT2D eigenvalue weighted by atomic mass is 35.5. The van der Waals surface area contributed by atoms with Crippen LogP contribution in [0.1, 0.15) is 13.8 Å². The minimum atomic E-state index is -3.43. The monoisotopic (exact) mass is 177 g/mol. The van der Waals surface area contributed by atoms with E-state index in [9.17, 15) is 13.2 Å². The van der Waals surface area contributed by atoms with Gasteiger partial charge in [0.2, 0.25) is 0 Å². The molecule has 0 rings (SSSR count). The maximum Gasteiger partial charge on any atom is 0.307 e. The Balaban J connectivity index is 0. The van der Waals surface area contributed by atoms with Crippen LogP contribution in [-0.2, 0) is 0 Å². The van der Waals surface area contributed by atoms with Crippen LogP contribution in [0.2, 0.25) is 0 Å². The first-order valence-electron chi connectivity index (χ1n) is 2.54. The fraction of sp³-hybridized carbons (Fsp3) is 1.00. The quantitative estimate of drug-likeness (QED) is 0.642. The van der Waals surface area contributed by atoms with Gasteiger partial charge in [0.05, 0.1) is 5.41 Å². The lowest BCUT2D eigenvalue weighted by molar-refractivity contribution is -0.108. The molecule has 0 aliphatic heterocycles. The van der Waals surface area contributed by atoms with E-state index in [4.69, 9.17) is 0 Å². The van der Waals surface area contributed by atoms with E-state index in [1.807, 2.05) is 0 Å². The van der Waals surface area contributed by atoms with Gasteiger partial charge in [0.25, 0.3) is 0 Å². The van der Waals surface area contributed by atoms with Crippen LogP contribution in [-0.4, -0.2) is 12.7 Å². The molecule has 5 heteroatoms. The molecule has 0 aliphatic carbocycles. The van der Waals surface area contributed by atoms with E-state index in [0.717, 1.165) is 13.8 Å². The Morgan fingerprint density at radius 2 is 1.60 bits per heavy atom. The van der Waals surface area contributed by atoms with Crippen molar-refractivity contribution in [1.82, 2.24) is 0 Å². The lowest BCUT2D eigenvalue weighted by atomic mass is 9.93. The van der Waals surface area contributed by atoms with Crippen LogP contribution in [0, 0.1) is 5.41 Å². The summed E-state index contributed by atoms with van der Waals surface area (Å²) in [5.74, 6) is 0. The summed E-state index contributed by atoms with van der Waals surface area (Å²) in [6, 6.07) is -3.43. The predicted molar refractivity (Wildman–Crippen MR) is 36.1 cm³/mol. The second-order valence-electron chi connectivity index (χ2n) is 2.64. The molecule has 2 N–H and O–H groups in total. The topological polar surface area (TPSA) is 26.0 Å². The van der Waals surface area contributed by atoms with E-state index in [2.05, 4.69) is 5.73 Å². The second kappa shape index (κ2) is 3.44. The summed E-state index contributed by atoms with van der Waals surface area (Å²) in [6.45, 7) is 1.04. The van der Waals surface area contributed by atoms with Crippen molar-refractivity contribution >= 4 is 12.4 Å². The number of halogens is 4. The van der Waals surface area contributed by atoms with E-state index in [0.29, 0.717) is 0 Å². The molecule has 0 spiro atoms. The van der Waals surface area contributed by atoms with Crippen molar-refractivity contribution in [2.45, 2.75) is 19.9 Å². The minimum absolute atomic E-state index is 0. The third-order valence-corrected chi connectivity index (χ3v) is 1.24. The van der Waals surface area contributed by atoms with Gasteiger partial charge in [-0.25, -0.2) is 0 Å². The zero-order valence-corrected chi connectivity index (χ0v) is 6.64. The first-order valence-corrected chi connectivity index (χ1v) is 2.54. The number of rotatable bonds is 2.